The number of carbonyl (C=O) groups is 2. The summed E-state index contributed by atoms with van der Waals surface area (Å²) < 4.78 is 2.66. The van der Waals surface area contributed by atoms with Crippen molar-refractivity contribution in [1.29, 1.82) is 0 Å². The Balaban J connectivity index is 2.26. The molecule has 1 N–H and O–H groups in total. The number of benzene rings is 1. The van der Waals surface area contributed by atoms with Crippen molar-refractivity contribution in [2.75, 3.05) is 7.05 Å². The zero-order valence-electron chi connectivity index (χ0n) is 12.4. The van der Waals surface area contributed by atoms with E-state index in [2.05, 4.69) is 20.9 Å². The molecule has 22 heavy (non-hydrogen) atoms. The van der Waals surface area contributed by atoms with Crippen LogP contribution >= 0.6 is 15.9 Å². The van der Waals surface area contributed by atoms with Crippen LogP contribution in [0, 0.1) is 0 Å². The Kier molecular flexibility index (Phi) is 4.37. The third kappa shape index (κ3) is 3.04. The summed E-state index contributed by atoms with van der Waals surface area (Å²) >= 11 is 3.36. The summed E-state index contributed by atoms with van der Waals surface area (Å²) in [4.78, 5) is 28.9. The second kappa shape index (κ2) is 5.92. The van der Waals surface area contributed by atoms with Crippen LogP contribution in [0.25, 0.3) is 5.69 Å². The van der Waals surface area contributed by atoms with Crippen molar-refractivity contribution in [3.05, 3.63) is 47.0 Å². The molecule has 0 spiro atoms. The normalized spacial score (nSPS) is 11.3. The molecular weight excluding hydrogens is 350 g/mol. The second-order valence-corrected chi connectivity index (χ2v) is 6.29. The van der Waals surface area contributed by atoms with Crippen LogP contribution in [0.1, 0.15) is 24.3 Å². The maximum atomic E-state index is 12.4. The van der Waals surface area contributed by atoms with Crippen molar-refractivity contribution in [1.82, 2.24) is 14.5 Å². The fourth-order valence-corrected chi connectivity index (χ4v) is 2.02. The van der Waals surface area contributed by atoms with Gasteiger partial charge in [0.15, 0.2) is 0 Å². The molecule has 7 heteroatoms. The maximum Gasteiger partial charge on any atom is 0.329 e. The van der Waals surface area contributed by atoms with Crippen molar-refractivity contribution in [3.8, 4) is 5.69 Å². The number of aliphatic carboxylic acids is 1. The van der Waals surface area contributed by atoms with Gasteiger partial charge in [0.05, 0.1) is 0 Å². The molecule has 1 aromatic heterocycles. The van der Waals surface area contributed by atoms with Gasteiger partial charge in [0, 0.05) is 23.4 Å². The highest BCUT2D eigenvalue weighted by Crippen LogP contribution is 2.18. The Labute approximate surface area is 136 Å². The SMILES string of the molecule is CN(C(=O)c1cn(-c2ccc(Br)cc2)cn1)C(C)(C)C(=O)O. The Bertz CT molecular complexity index is 707. The molecule has 1 aromatic carbocycles. The first-order chi connectivity index (χ1) is 10.2. The number of likely N-dealkylation sites (N-methyl/N-ethyl adjacent to an activating group) is 1. The number of aromatic nitrogens is 2. The molecule has 0 aliphatic rings. The number of amides is 1. The van der Waals surface area contributed by atoms with E-state index in [0.717, 1.165) is 10.2 Å². The number of carboxylic acid groups (broad SMARTS) is 1. The van der Waals surface area contributed by atoms with E-state index in [9.17, 15) is 14.7 Å². The third-order valence-corrected chi connectivity index (χ3v) is 4.12. The van der Waals surface area contributed by atoms with Crippen LogP contribution in [-0.4, -0.2) is 44.0 Å². The summed E-state index contributed by atoms with van der Waals surface area (Å²) in [7, 11) is 1.45. The molecule has 0 fully saturated rings. The van der Waals surface area contributed by atoms with Crippen molar-refractivity contribution < 1.29 is 14.7 Å². The van der Waals surface area contributed by atoms with Gasteiger partial charge in [0.25, 0.3) is 5.91 Å². The lowest BCUT2D eigenvalue weighted by atomic mass is 10.0. The predicted octanol–water partition coefficient (Wildman–Crippen LogP) is 2.57. The molecule has 6 nitrogen and oxygen atoms in total. The van der Waals surface area contributed by atoms with Crippen LogP contribution in [-0.2, 0) is 4.79 Å². The molecule has 2 rings (SSSR count). The van der Waals surface area contributed by atoms with Crippen molar-refractivity contribution in [3.63, 3.8) is 0 Å². The van der Waals surface area contributed by atoms with E-state index in [1.807, 2.05) is 24.3 Å². The molecule has 0 bridgehead atoms. The molecule has 0 saturated heterocycles. The van der Waals surface area contributed by atoms with Gasteiger partial charge in [-0.25, -0.2) is 9.78 Å². The van der Waals surface area contributed by atoms with Crippen LogP contribution in [0.5, 0.6) is 0 Å². The average molecular weight is 366 g/mol. The summed E-state index contributed by atoms with van der Waals surface area (Å²) in [5.74, 6) is -1.51. The molecule has 0 aliphatic carbocycles. The van der Waals surface area contributed by atoms with Crippen LogP contribution in [0.3, 0.4) is 0 Å². The lowest BCUT2D eigenvalue weighted by Crippen LogP contribution is -2.50. The van der Waals surface area contributed by atoms with E-state index in [1.165, 1.54) is 32.1 Å². The fourth-order valence-electron chi connectivity index (χ4n) is 1.76. The van der Waals surface area contributed by atoms with E-state index in [-0.39, 0.29) is 5.69 Å². The second-order valence-electron chi connectivity index (χ2n) is 5.37. The number of carboxylic acids is 1. The van der Waals surface area contributed by atoms with Gasteiger partial charge in [0.2, 0.25) is 0 Å². The molecule has 116 valence electrons. The highest BCUT2D eigenvalue weighted by Gasteiger charge is 2.36. The molecular formula is C15H16BrN3O3. The quantitative estimate of drug-likeness (QED) is 0.903. The topological polar surface area (TPSA) is 75.4 Å². The Morgan fingerprint density at radius 2 is 1.86 bits per heavy atom. The van der Waals surface area contributed by atoms with Gasteiger partial charge in [-0.05, 0) is 38.1 Å². The molecule has 0 saturated carbocycles. The predicted molar refractivity (Wildman–Crippen MR) is 85.1 cm³/mol. The summed E-state index contributed by atoms with van der Waals surface area (Å²) in [6, 6.07) is 7.53. The molecule has 2 aromatic rings. The first-order valence-electron chi connectivity index (χ1n) is 6.55. The number of hydrogen-bond donors (Lipinski definition) is 1. The summed E-state index contributed by atoms with van der Waals surface area (Å²) in [5, 5.41) is 9.19. The molecule has 0 aliphatic heterocycles. The molecule has 0 unspecified atom stereocenters. The van der Waals surface area contributed by atoms with E-state index >= 15 is 0 Å². The van der Waals surface area contributed by atoms with E-state index < -0.39 is 17.4 Å². The highest BCUT2D eigenvalue weighted by atomic mass is 79.9. The largest absolute Gasteiger partial charge is 0.480 e. The molecule has 0 radical (unpaired) electrons. The zero-order chi connectivity index (χ0) is 16.5. The minimum atomic E-state index is -1.31. The van der Waals surface area contributed by atoms with Gasteiger partial charge in [-0.3, -0.25) is 4.79 Å². The number of hydrogen-bond acceptors (Lipinski definition) is 3. The first-order valence-corrected chi connectivity index (χ1v) is 7.34. The Hall–Kier alpha value is -2.15. The maximum absolute atomic E-state index is 12.4. The minimum absolute atomic E-state index is 0.194. The lowest BCUT2D eigenvalue weighted by Gasteiger charge is -2.30. The summed E-state index contributed by atoms with van der Waals surface area (Å²) in [6.07, 6.45) is 3.11. The standard InChI is InChI=1S/C15H16BrN3O3/c1-15(2,14(21)22)18(3)13(20)12-8-19(9-17-12)11-6-4-10(16)5-7-11/h4-9H,1-3H3,(H,21,22). The van der Waals surface area contributed by atoms with Crippen molar-refractivity contribution in [2.45, 2.75) is 19.4 Å². The van der Waals surface area contributed by atoms with Crippen molar-refractivity contribution >= 4 is 27.8 Å². The fraction of sp³-hybridized carbons (Fsp3) is 0.267. The van der Waals surface area contributed by atoms with Crippen LogP contribution in [0.15, 0.2) is 41.3 Å². The number of rotatable bonds is 4. The molecule has 1 amide bonds. The van der Waals surface area contributed by atoms with Crippen LogP contribution in [0.4, 0.5) is 0 Å². The number of halogens is 1. The van der Waals surface area contributed by atoms with Gasteiger partial charge in [-0.1, -0.05) is 15.9 Å². The number of carbonyl (C=O) groups excluding carboxylic acids is 1. The average Bonchev–Trinajstić information content (AvgIpc) is 2.96. The Morgan fingerprint density at radius 3 is 2.41 bits per heavy atom. The first kappa shape index (κ1) is 16.2. The highest BCUT2D eigenvalue weighted by molar-refractivity contribution is 9.10. The van der Waals surface area contributed by atoms with Gasteiger partial charge in [-0.2, -0.15) is 0 Å². The smallest absolute Gasteiger partial charge is 0.329 e. The molecule has 1 heterocycles. The lowest BCUT2D eigenvalue weighted by molar-refractivity contribution is -0.147. The van der Waals surface area contributed by atoms with Crippen LogP contribution in [0.2, 0.25) is 0 Å². The van der Waals surface area contributed by atoms with Gasteiger partial charge >= 0.3 is 5.97 Å². The van der Waals surface area contributed by atoms with Crippen LogP contribution < -0.4 is 0 Å². The van der Waals surface area contributed by atoms with Gasteiger partial charge in [-0.15, -0.1) is 0 Å². The summed E-state index contributed by atoms with van der Waals surface area (Å²) in [5.41, 5.74) is -0.256. The number of imidazole rings is 1. The van der Waals surface area contributed by atoms with E-state index in [1.54, 1.807) is 10.8 Å². The van der Waals surface area contributed by atoms with Gasteiger partial charge < -0.3 is 14.6 Å². The number of nitrogens with zero attached hydrogens (tertiary/aromatic N) is 3. The third-order valence-electron chi connectivity index (χ3n) is 3.59. The Morgan fingerprint density at radius 1 is 1.27 bits per heavy atom. The molecule has 0 atom stereocenters. The monoisotopic (exact) mass is 365 g/mol. The van der Waals surface area contributed by atoms with E-state index in [4.69, 9.17) is 0 Å². The van der Waals surface area contributed by atoms with E-state index in [0.29, 0.717) is 0 Å². The zero-order valence-corrected chi connectivity index (χ0v) is 14.0. The summed E-state index contributed by atoms with van der Waals surface area (Å²) in [6.45, 7) is 2.94. The van der Waals surface area contributed by atoms with Gasteiger partial charge in [0.1, 0.15) is 17.6 Å². The minimum Gasteiger partial charge on any atom is -0.480 e. The van der Waals surface area contributed by atoms with Crippen molar-refractivity contribution in [2.24, 2.45) is 0 Å².